The van der Waals surface area contributed by atoms with Crippen molar-refractivity contribution in [3.05, 3.63) is 77.4 Å². The molecule has 0 bridgehead atoms. The summed E-state index contributed by atoms with van der Waals surface area (Å²) in [6.07, 6.45) is -13.3. The van der Waals surface area contributed by atoms with Gasteiger partial charge in [-0.25, -0.2) is 4.39 Å². The van der Waals surface area contributed by atoms with Crippen molar-refractivity contribution in [2.75, 3.05) is 23.9 Å². The van der Waals surface area contributed by atoms with E-state index in [4.69, 9.17) is 4.74 Å². The van der Waals surface area contributed by atoms with Crippen LogP contribution in [-0.2, 0) is 5.67 Å². The van der Waals surface area contributed by atoms with Crippen molar-refractivity contribution in [3.63, 3.8) is 0 Å². The van der Waals surface area contributed by atoms with E-state index in [0.29, 0.717) is 0 Å². The van der Waals surface area contributed by atoms with Crippen LogP contribution in [-0.4, -0.2) is 49.5 Å². The van der Waals surface area contributed by atoms with Crippen LogP contribution < -0.4 is 19.7 Å². The normalized spacial score (nSPS) is 12.2. The number of para-hydroxylation sites is 1. The number of phenols is 1. The van der Waals surface area contributed by atoms with E-state index in [2.05, 4.69) is 4.74 Å². The van der Waals surface area contributed by atoms with Crippen LogP contribution in [0.2, 0.25) is 0 Å². The van der Waals surface area contributed by atoms with E-state index in [9.17, 15) is 54.2 Å². The number of phenolic OH excluding ortho intramolecular Hbond substituents is 1. The Balaban J connectivity index is 2.11. The maximum Gasteiger partial charge on any atom is 0.435 e. The Labute approximate surface area is 237 Å². The number of nitrogens with one attached hydrogen (secondary N) is 1. The van der Waals surface area contributed by atoms with E-state index < -0.39 is 64.8 Å². The molecule has 43 heavy (non-hydrogen) atoms. The number of rotatable bonds is 9. The number of halogens is 9. The van der Waals surface area contributed by atoms with Gasteiger partial charge in [0.1, 0.15) is 11.4 Å². The van der Waals surface area contributed by atoms with Gasteiger partial charge < -0.3 is 24.8 Å². The Bertz CT molecular complexity index is 1460. The SMILES string of the molecule is CCN(C(=O)c1ccccc1)c1cccc(C(=O)Nc2c(O)cc(C(F)(C(F)(F)F)C(F)(F)F)cc2OC(F)F)c1OC. The number of hydrogen-bond acceptors (Lipinski definition) is 5. The third-order valence-electron chi connectivity index (χ3n) is 6.03. The molecule has 0 saturated carbocycles. The molecule has 7 nitrogen and oxygen atoms in total. The fourth-order valence-corrected chi connectivity index (χ4v) is 4.07. The number of anilines is 2. The summed E-state index contributed by atoms with van der Waals surface area (Å²) in [4.78, 5) is 27.5. The maximum absolute atomic E-state index is 14.6. The van der Waals surface area contributed by atoms with E-state index in [-0.39, 0.29) is 35.7 Å². The van der Waals surface area contributed by atoms with Gasteiger partial charge >= 0.3 is 24.6 Å². The lowest BCUT2D eigenvalue weighted by molar-refractivity contribution is -0.348. The molecule has 2 N–H and O–H groups in total. The van der Waals surface area contributed by atoms with Crippen LogP contribution >= 0.6 is 0 Å². The molecule has 3 rings (SSSR count). The quantitative estimate of drug-likeness (QED) is 0.194. The molecule has 0 aliphatic rings. The smallest absolute Gasteiger partial charge is 0.435 e. The van der Waals surface area contributed by atoms with Crippen LogP contribution in [0, 0.1) is 0 Å². The standard InChI is InChI=1S/C27H21F9N2O5/c1-3-38(23(41)14-8-5-4-6-9-14)17-11-7-10-16(21(17)42-2)22(40)37-20-18(39)12-15(13-19(20)43-24(28)29)25(30,26(31,32)33)27(34,35)36/h4-13,24,39H,3H2,1-2H3,(H,37,40). The van der Waals surface area contributed by atoms with Gasteiger partial charge in [-0.3, -0.25) is 9.59 Å². The zero-order chi connectivity index (χ0) is 32.3. The first kappa shape index (κ1) is 32.9. The Morgan fingerprint density at radius 2 is 1.53 bits per heavy atom. The van der Waals surface area contributed by atoms with Crippen LogP contribution in [0.3, 0.4) is 0 Å². The molecule has 0 aliphatic carbocycles. The second kappa shape index (κ2) is 12.3. The molecule has 232 valence electrons. The minimum atomic E-state index is -6.64. The van der Waals surface area contributed by atoms with Gasteiger partial charge in [0, 0.05) is 17.7 Å². The molecule has 3 aromatic rings. The summed E-state index contributed by atoms with van der Waals surface area (Å²) in [5.41, 5.74) is -9.74. The lowest BCUT2D eigenvalue weighted by Gasteiger charge is -2.31. The van der Waals surface area contributed by atoms with Gasteiger partial charge in [-0.05, 0) is 43.3 Å². The first-order valence-electron chi connectivity index (χ1n) is 12.0. The number of carbonyl (C=O) groups excluding carboxylic acids is 2. The van der Waals surface area contributed by atoms with Gasteiger partial charge in [0.15, 0.2) is 11.5 Å². The summed E-state index contributed by atoms with van der Waals surface area (Å²) in [5.74, 6) is -5.33. The number of aromatic hydroxyl groups is 1. The molecular weight excluding hydrogens is 603 g/mol. The molecule has 0 atom stereocenters. The average Bonchev–Trinajstić information content (AvgIpc) is 2.93. The highest BCUT2D eigenvalue weighted by Gasteiger charge is 2.73. The minimum Gasteiger partial charge on any atom is -0.506 e. The number of ether oxygens (including phenoxy) is 2. The molecule has 0 aromatic heterocycles. The Morgan fingerprint density at radius 3 is 2.05 bits per heavy atom. The Kier molecular flexibility index (Phi) is 9.41. The summed E-state index contributed by atoms with van der Waals surface area (Å²) in [5, 5.41) is 12.1. The van der Waals surface area contributed by atoms with E-state index in [1.807, 2.05) is 5.32 Å². The first-order chi connectivity index (χ1) is 20.0. The highest BCUT2D eigenvalue weighted by Crippen LogP contribution is 2.55. The fraction of sp³-hybridized carbons (Fsp3) is 0.259. The molecule has 0 saturated heterocycles. The molecular formula is C27H21F9N2O5. The van der Waals surface area contributed by atoms with Crippen molar-refractivity contribution in [3.8, 4) is 17.2 Å². The zero-order valence-corrected chi connectivity index (χ0v) is 22.0. The second-order valence-electron chi connectivity index (χ2n) is 8.63. The predicted molar refractivity (Wildman–Crippen MR) is 134 cm³/mol. The van der Waals surface area contributed by atoms with Crippen LogP contribution in [0.15, 0.2) is 60.7 Å². The number of carbonyl (C=O) groups is 2. The molecule has 2 amide bonds. The molecule has 0 fully saturated rings. The lowest BCUT2D eigenvalue weighted by atomic mass is 9.93. The second-order valence-corrected chi connectivity index (χ2v) is 8.63. The topological polar surface area (TPSA) is 88.1 Å². The molecule has 0 aliphatic heterocycles. The van der Waals surface area contributed by atoms with Crippen molar-refractivity contribution < 1.29 is 63.7 Å². The highest BCUT2D eigenvalue weighted by molar-refractivity contribution is 6.11. The summed E-state index contributed by atoms with van der Waals surface area (Å²) >= 11 is 0. The summed E-state index contributed by atoms with van der Waals surface area (Å²) in [6.45, 7) is -2.23. The van der Waals surface area contributed by atoms with Crippen LogP contribution in [0.1, 0.15) is 33.2 Å². The zero-order valence-electron chi connectivity index (χ0n) is 22.0. The van der Waals surface area contributed by atoms with E-state index in [0.717, 1.165) is 13.2 Å². The predicted octanol–water partition coefficient (Wildman–Crippen LogP) is 7.21. The van der Waals surface area contributed by atoms with Crippen molar-refractivity contribution in [1.29, 1.82) is 0 Å². The van der Waals surface area contributed by atoms with Crippen molar-refractivity contribution in [2.24, 2.45) is 0 Å². The maximum atomic E-state index is 14.6. The van der Waals surface area contributed by atoms with Crippen LogP contribution in [0.25, 0.3) is 0 Å². The number of hydrogen-bond donors (Lipinski definition) is 2. The number of nitrogens with zero attached hydrogens (tertiary/aromatic N) is 1. The van der Waals surface area contributed by atoms with Gasteiger partial charge in [-0.15, -0.1) is 0 Å². The molecule has 16 heteroatoms. The van der Waals surface area contributed by atoms with Gasteiger partial charge in [-0.1, -0.05) is 24.3 Å². The van der Waals surface area contributed by atoms with Crippen LogP contribution in [0.5, 0.6) is 17.2 Å². The molecule has 0 radical (unpaired) electrons. The monoisotopic (exact) mass is 624 g/mol. The average molecular weight is 624 g/mol. The summed E-state index contributed by atoms with van der Waals surface area (Å²) in [6, 6.07) is 11.0. The van der Waals surface area contributed by atoms with Gasteiger partial charge in [0.05, 0.1) is 18.4 Å². The number of benzene rings is 3. The van der Waals surface area contributed by atoms with Gasteiger partial charge in [0.25, 0.3) is 11.8 Å². The third kappa shape index (κ3) is 6.41. The molecule has 0 unspecified atom stereocenters. The minimum absolute atomic E-state index is 0.0488. The lowest BCUT2D eigenvalue weighted by Crippen LogP contribution is -2.50. The Hall–Kier alpha value is -4.63. The molecule has 3 aromatic carbocycles. The number of alkyl halides is 9. The molecule has 0 heterocycles. The van der Waals surface area contributed by atoms with E-state index >= 15 is 0 Å². The van der Waals surface area contributed by atoms with Crippen molar-refractivity contribution in [1.82, 2.24) is 0 Å². The largest absolute Gasteiger partial charge is 0.506 e. The number of amides is 2. The fourth-order valence-electron chi connectivity index (χ4n) is 4.07. The molecule has 0 spiro atoms. The van der Waals surface area contributed by atoms with E-state index in [1.54, 1.807) is 25.1 Å². The Morgan fingerprint density at radius 1 is 0.930 bits per heavy atom. The number of methoxy groups -OCH3 is 1. The third-order valence-corrected chi connectivity index (χ3v) is 6.03. The van der Waals surface area contributed by atoms with Gasteiger partial charge in [0.2, 0.25) is 0 Å². The van der Waals surface area contributed by atoms with E-state index in [1.165, 1.54) is 29.2 Å². The summed E-state index contributed by atoms with van der Waals surface area (Å²) < 4.78 is 130. The summed E-state index contributed by atoms with van der Waals surface area (Å²) in [7, 11) is 1.11. The van der Waals surface area contributed by atoms with Crippen molar-refractivity contribution >= 4 is 23.2 Å². The first-order valence-corrected chi connectivity index (χ1v) is 12.0. The van der Waals surface area contributed by atoms with Crippen molar-refractivity contribution in [2.45, 2.75) is 31.6 Å². The van der Waals surface area contributed by atoms with Crippen LogP contribution in [0.4, 0.5) is 50.9 Å². The highest BCUT2D eigenvalue weighted by atomic mass is 19.4. The van der Waals surface area contributed by atoms with Gasteiger partial charge in [-0.2, -0.15) is 35.1 Å².